The molecule has 0 aromatic carbocycles. The van der Waals surface area contributed by atoms with Crippen molar-refractivity contribution < 1.29 is 14.7 Å². The Hall–Kier alpha value is -1.74. The molecule has 1 N–H and O–H groups in total. The van der Waals surface area contributed by atoms with E-state index in [0.29, 0.717) is 28.7 Å². The lowest BCUT2D eigenvalue weighted by molar-refractivity contribution is -0.116. The molecule has 0 atom stereocenters. The largest absolute Gasteiger partial charge is 0.396 e. The molecule has 0 heterocycles. The number of carbonyl (C=O) groups is 2. The predicted octanol–water partition coefficient (Wildman–Crippen LogP) is 4.63. The van der Waals surface area contributed by atoms with Crippen LogP contribution in [-0.4, -0.2) is 23.3 Å². The van der Waals surface area contributed by atoms with Crippen LogP contribution < -0.4 is 0 Å². The van der Waals surface area contributed by atoms with Gasteiger partial charge in [-0.25, -0.2) is 0 Å². The summed E-state index contributed by atoms with van der Waals surface area (Å²) in [5.74, 6) is 0.00369. The van der Waals surface area contributed by atoms with E-state index in [-0.39, 0.29) is 18.2 Å². The summed E-state index contributed by atoms with van der Waals surface area (Å²) in [4.78, 5) is 24.5. The molecule has 132 valence electrons. The smallest absolute Gasteiger partial charge is 0.185 e. The maximum absolute atomic E-state index is 12.4. The lowest BCUT2D eigenvalue weighted by Gasteiger charge is -2.17. The zero-order valence-corrected chi connectivity index (χ0v) is 15.7. The highest BCUT2D eigenvalue weighted by atomic mass is 16.2. The van der Waals surface area contributed by atoms with E-state index < -0.39 is 0 Å². The molecule has 3 heteroatoms. The van der Waals surface area contributed by atoms with E-state index in [9.17, 15) is 9.59 Å². The minimum atomic E-state index is -0.00408. The van der Waals surface area contributed by atoms with Crippen LogP contribution in [0.5, 0.6) is 0 Å². The number of aliphatic hydroxyl groups is 1. The third kappa shape index (κ3) is 5.41. The number of hydrogen-bond donors (Lipinski definition) is 1. The zero-order valence-electron chi connectivity index (χ0n) is 15.7. The van der Waals surface area contributed by atoms with Gasteiger partial charge in [0.05, 0.1) is 0 Å². The molecule has 0 spiro atoms. The van der Waals surface area contributed by atoms with Gasteiger partial charge >= 0.3 is 0 Å². The summed E-state index contributed by atoms with van der Waals surface area (Å²) in [6.07, 6.45) is 8.46. The Morgan fingerprint density at radius 1 is 0.875 bits per heavy atom. The van der Waals surface area contributed by atoms with Gasteiger partial charge in [-0.3, -0.25) is 9.59 Å². The van der Waals surface area contributed by atoms with Crippen LogP contribution in [-0.2, 0) is 9.59 Å². The molecular weight excluding hydrogens is 300 g/mol. The van der Waals surface area contributed by atoms with Crippen LogP contribution in [0.1, 0.15) is 66.7 Å². The van der Waals surface area contributed by atoms with Gasteiger partial charge in [-0.15, -0.1) is 0 Å². The van der Waals surface area contributed by atoms with E-state index in [1.54, 1.807) is 20.8 Å². The van der Waals surface area contributed by atoms with Crippen molar-refractivity contribution in [3.8, 4) is 0 Å². The molecule has 0 amide bonds. The van der Waals surface area contributed by atoms with E-state index >= 15 is 0 Å². The van der Waals surface area contributed by atoms with Crippen molar-refractivity contribution >= 4 is 11.6 Å². The van der Waals surface area contributed by atoms with Gasteiger partial charge in [0.1, 0.15) is 0 Å². The predicted molar refractivity (Wildman–Crippen MR) is 98.8 cm³/mol. The molecule has 1 aliphatic rings. The first kappa shape index (κ1) is 20.3. The van der Waals surface area contributed by atoms with Gasteiger partial charge in [-0.1, -0.05) is 23.3 Å². The molecule has 0 aromatic heterocycles. The van der Waals surface area contributed by atoms with Crippen molar-refractivity contribution in [3.05, 3.63) is 45.6 Å². The van der Waals surface area contributed by atoms with Crippen LogP contribution in [0.25, 0.3) is 0 Å². The molecule has 24 heavy (non-hydrogen) atoms. The number of rotatable bonds is 8. The van der Waals surface area contributed by atoms with Gasteiger partial charge in [0.2, 0.25) is 0 Å². The monoisotopic (exact) mass is 330 g/mol. The highest BCUT2D eigenvalue weighted by Gasteiger charge is 2.26. The number of ketones is 2. The van der Waals surface area contributed by atoms with Crippen molar-refractivity contribution in [2.24, 2.45) is 0 Å². The number of Topliss-reactive ketones (excluding diaryl/α,β-unsaturated/α-hetero) is 2. The van der Waals surface area contributed by atoms with Crippen LogP contribution in [0.3, 0.4) is 0 Å². The quantitative estimate of drug-likeness (QED) is 0.521. The molecule has 0 aliphatic heterocycles. The van der Waals surface area contributed by atoms with Crippen molar-refractivity contribution in [3.63, 3.8) is 0 Å². The summed E-state index contributed by atoms with van der Waals surface area (Å²) >= 11 is 0. The van der Waals surface area contributed by atoms with E-state index in [2.05, 4.69) is 26.0 Å². The van der Waals surface area contributed by atoms with E-state index in [0.717, 1.165) is 25.7 Å². The molecule has 0 saturated heterocycles. The third-order valence-electron chi connectivity index (χ3n) is 4.73. The van der Waals surface area contributed by atoms with Crippen LogP contribution in [0.4, 0.5) is 0 Å². The van der Waals surface area contributed by atoms with E-state index in [4.69, 9.17) is 5.11 Å². The Bertz CT molecular complexity index is 627. The van der Waals surface area contributed by atoms with Gasteiger partial charge in [0.25, 0.3) is 0 Å². The fraction of sp³-hybridized carbons (Fsp3) is 0.524. The molecule has 0 radical (unpaired) electrons. The van der Waals surface area contributed by atoms with E-state index in [1.807, 2.05) is 0 Å². The zero-order chi connectivity index (χ0) is 18.3. The van der Waals surface area contributed by atoms with Crippen molar-refractivity contribution in [2.45, 2.75) is 66.7 Å². The molecule has 3 nitrogen and oxygen atoms in total. The number of aliphatic hydroxyl groups excluding tert-OH is 1. The average Bonchev–Trinajstić information content (AvgIpc) is 2.56. The van der Waals surface area contributed by atoms with Crippen molar-refractivity contribution in [2.75, 3.05) is 6.61 Å². The van der Waals surface area contributed by atoms with Gasteiger partial charge in [0, 0.05) is 28.9 Å². The van der Waals surface area contributed by atoms with Crippen LogP contribution in [0, 0.1) is 0 Å². The number of hydrogen-bond acceptors (Lipinski definition) is 3. The fourth-order valence-electron chi connectivity index (χ4n) is 2.79. The molecule has 0 fully saturated rings. The summed E-state index contributed by atoms with van der Waals surface area (Å²) in [5.41, 5.74) is 4.91. The lowest BCUT2D eigenvalue weighted by atomic mass is 9.84. The first-order valence-electron chi connectivity index (χ1n) is 8.68. The van der Waals surface area contributed by atoms with Crippen LogP contribution in [0.15, 0.2) is 45.6 Å². The average molecular weight is 330 g/mol. The van der Waals surface area contributed by atoms with Crippen molar-refractivity contribution in [1.82, 2.24) is 0 Å². The van der Waals surface area contributed by atoms with Crippen LogP contribution in [0.2, 0.25) is 0 Å². The Balaban J connectivity index is 2.65. The standard InChI is InChI=1S/C21H30O3/c1-14(10-7-13-22)8-6-9-15(2)11-12-19-18(5)20(23)16(3)17(4)21(19)24/h8,11,22H,6-7,9-10,12-13H2,1-5H3/b14-8+,15-11+. The SMILES string of the molecule is CC1=C(C)C(=O)C(C/C=C(\C)CC/C=C(\C)CCCO)=C(C)C1=O. The Kier molecular flexibility index (Phi) is 8.06. The maximum atomic E-state index is 12.4. The molecule has 1 rings (SSSR count). The van der Waals surface area contributed by atoms with Crippen molar-refractivity contribution in [1.29, 1.82) is 0 Å². The number of carbonyl (C=O) groups excluding carboxylic acids is 2. The molecule has 0 bridgehead atoms. The molecule has 1 aliphatic carbocycles. The number of allylic oxidation sites excluding steroid dienone is 8. The maximum Gasteiger partial charge on any atom is 0.185 e. The molecule has 0 aromatic rings. The summed E-state index contributed by atoms with van der Waals surface area (Å²) in [5, 5.41) is 8.82. The first-order chi connectivity index (χ1) is 11.3. The van der Waals surface area contributed by atoms with Gasteiger partial charge in [0.15, 0.2) is 11.6 Å². The normalized spacial score (nSPS) is 17.2. The Labute approximate surface area is 145 Å². The third-order valence-corrected chi connectivity index (χ3v) is 4.73. The molecule has 0 saturated carbocycles. The second kappa shape index (κ2) is 9.53. The van der Waals surface area contributed by atoms with Gasteiger partial charge in [-0.2, -0.15) is 0 Å². The first-order valence-corrected chi connectivity index (χ1v) is 8.68. The van der Waals surface area contributed by atoms with Gasteiger partial charge < -0.3 is 5.11 Å². The lowest BCUT2D eigenvalue weighted by Crippen LogP contribution is -2.20. The van der Waals surface area contributed by atoms with Gasteiger partial charge in [-0.05, 0) is 66.7 Å². The fourth-order valence-corrected chi connectivity index (χ4v) is 2.79. The second-order valence-corrected chi connectivity index (χ2v) is 6.68. The minimum Gasteiger partial charge on any atom is -0.396 e. The van der Waals surface area contributed by atoms with E-state index in [1.165, 1.54) is 11.1 Å². The Morgan fingerprint density at radius 3 is 2.08 bits per heavy atom. The second-order valence-electron chi connectivity index (χ2n) is 6.68. The summed E-state index contributed by atoms with van der Waals surface area (Å²) in [7, 11) is 0. The minimum absolute atomic E-state index is 0.00408. The summed E-state index contributed by atoms with van der Waals surface area (Å²) in [6, 6.07) is 0. The Morgan fingerprint density at radius 2 is 1.46 bits per heavy atom. The summed E-state index contributed by atoms with van der Waals surface area (Å²) < 4.78 is 0. The van der Waals surface area contributed by atoms with Crippen LogP contribution >= 0.6 is 0 Å². The highest BCUT2D eigenvalue weighted by Crippen LogP contribution is 2.27. The molecular formula is C21H30O3. The highest BCUT2D eigenvalue weighted by molar-refractivity contribution is 6.24. The topological polar surface area (TPSA) is 54.4 Å². The summed E-state index contributed by atoms with van der Waals surface area (Å²) in [6.45, 7) is 9.60. The molecule has 0 unspecified atom stereocenters.